The van der Waals surface area contributed by atoms with E-state index in [0.29, 0.717) is 23.7 Å². The molecule has 1 aromatic rings. The molecule has 150 valence electrons. The first-order valence-electron chi connectivity index (χ1n) is 11.0. The predicted octanol–water partition coefficient (Wildman–Crippen LogP) is 3.53. The monoisotopic (exact) mass is 380 g/mol. The SMILES string of the molecule is CCC(=O)NC1(C)CC(C(=O)N2CC3CC3(c3ccc(C4(C)CC4)cc3)C2)C1. The quantitative estimate of drug-likeness (QED) is 0.849. The smallest absolute Gasteiger partial charge is 0.225 e. The van der Waals surface area contributed by atoms with E-state index in [2.05, 4.69) is 48.3 Å². The molecule has 5 rings (SSSR count). The minimum atomic E-state index is -0.192. The Balaban J connectivity index is 1.21. The lowest BCUT2D eigenvalue weighted by atomic mass is 9.68. The van der Waals surface area contributed by atoms with Crippen molar-refractivity contribution in [1.29, 1.82) is 0 Å². The molecule has 4 heteroatoms. The molecule has 1 heterocycles. The average Bonchev–Trinajstić information content (AvgIpc) is 3.55. The number of nitrogens with zero attached hydrogens (tertiary/aromatic N) is 1. The van der Waals surface area contributed by atoms with Gasteiger partial charge in [0.2, 0.25) is 11.8 Å². The molecular weight excluding hydrogens is 348 g/mol. The number of carbonyl (C=O) groups is 2. The van der Waals surface area contributed by atoms with Crippen LogP contribution in [0.15, 0.2) is 24.3 Å². The Hall–Kier alpha value is -1.84. The molecular formula is C24H32N2O2. The Kier molecular flexibility index (Phi) is 3.80. The number of likely N-dealkylation sites (tertiary alicyclic amines) is 1. The fourth-order valence-corrected chi connectivity index (χ4v) is 5.77. The summed E-state index contributed by atoms with van der Waals surface area (Å²) in [6.07, 6.45) is 5.89. The average molecular weight is 381 g/mol. The summed E-state index contributed by atoms with van der Waals surface area (Å²) in [6, 6.07) is 9.30. The van der Waals surface area contributed by atoms with Crippen molar-refractivity contribution in [2.45, 2.75) is 75.7 Å². The standard InChI is InChI=1S/C24H32N2O2/c1-4-20(27)25-23(3)11-16(12-23)21(28)26-14-19-13-24(19,15-26)18-7-5-17(6-8-18)22(2)9-10-22/h5-8,16,19H,4,9-15H2,1-3H3,(H,25,27). The highest BCUT2D eigenvalue weighted by molar-refractivity contribution is 5.82. The Morgan fingerprint density at radius 1 is 1.07 bits per heavy atom. The van der Waals surface area contributed by atoms with Crippen LogP contribution in [-0.2, 0) is 20.4 Å². The van der Waals surface area contributed by atoms with E-state index < -0.39 is 0 Å². The van der Waals surface area contributed by atoms with Crippen molar-refractivity contribution >= 4 is 11.8 Å². The molecule has 2 amide bonds. The second-order valence-corrected chi connectivity index (χ2v) is 10.5. The number of nitrogens with one attached hydrogen (secondary N) is 1. The van der Waals surface area contributed by atoms with Gasteiger partial charge in [-0.3, -0.25) is 9.59 Å². The molecule has 0 radical (unpaired) electrons. The van der Waals surface area contributed by atoms with Crippen molar-refractivity contribution in [2.24, 2.45) is 11.8 Å². The van der Waals surface area contributed by atoms with Crippen molar-refractivity contribution < 1.29 is 9.59 Å². The normalized spacial score (nSPS) is 37.0. The topological polar surface area (TPSA) is 49.4 Å². The molecule has 0 aromatic heterocycles. The van der Waals surface area contributed by atoms with Crippen LogP contribution in [0, 0.1) is 11.8 Å². The van der Waals surface area contributed by atoms with E-state index in [9.17, 15) is 9.59 Å². The Morgan fingerprint density at radius 3 is 2.32 bits per heavy atom. The van der Waals surface area contributed by atoms with Gasteiger partial charge in [-0.15, -0.1) is 0 Å². The summed E-state index contributed by atoms with van der Waals surface area (Å²) in [4.78, 5) is 26.8. The third-order valence-corrected chi connectivity index (χ3v) is 8.12. The van der Waals surface area contributed by atoms with Gasteiger partial charge in [0.15, 0.2) is 0 Å². The Labute approximate surface area is 168 Å². The van der Waals surface area contributed by atoms with E-state index in [1.807, 2.05) is 6.92 Å². The van der Waals surface area contributed by atoms with Crippen LogP contribution in [0.2, 0.25) is 0 Å². The molecule has 4 fully saturated rings. The second-order valence-electron chi connectivity index (χ2n) is 10.5. The van der Waals surface area contributed by atoms with E-state index in [0.717, 1.165) is 25.9 Å². The molecule has 2 atom stereocenters. The highest BCUT2D eigenvalue weighted by Crippen LogP contribution is 2.60. The first kappa shape index (κ1) is 18.2. The number of carbonyl (C=O) groups excluding carboxylic acids is 2. The minimum Gasteiger partial charge on any atom is -0.351 e. The van der Waals surface area contributed by atoms with Gasteiger partial charge < -0.3 is 10.2 Å². The lowest BCUT2D eigenvalue weighted by Crippen LogP contribution is -2.58. The molecule has 28 heavy (non-hydrogen) atoms. The van der Waals surface area contributed by atoms with Crippen molar-refractivity contribution in [1.82, 2.24) is 10.2 Å². The van der Waals surface area contributed by atoms with Gasteiger partial charge in [0.25, 0.3) is 0 Å². The molecule has 3 aliphatic carbocycles. The van der Waals surface area contributed by atoms with Crippen LogP contribution in [0.3, 0.4) is 0 Å². The summed E-state index contributed by atoms with van der Waals surface area (Å²) in [7, 11) is 0. The van der Waals surface area contributed by atoms with Gasteiger partial charge in [-0.1, -0.05) is 38.1 Å². The molecule has 3 saturated carbocycles. The molecule has 4 nitrogen and oxygen atoms in total. The van der Waals surface area contributed by atoms with Crippen LogP contribution >= 0.6 is 0 Å². The van der Waals surface area contributed by atoms with E-state index in [-0.39, 0.29) is 22.8 Å². The molecule has 1 N–H and O–H groups in total. The van der Waals surface area contributed by atoms with Gasteiger partial charge in [-0.25, -0.2) is 0 Å². The van der Waals surface area contributed by atoms with E-state index in [1.165, 1.54) is 30.4 Å². The van der Waals surface area contributed by atoms with Crippen molar-refractivity contribution in [3.8, 4) is 0 Å². The van der Waals surface area contributed by atoms with Crippen molar-refractivity contribution in [3.63, 3.8) is 0 Å². The van der Waals surface area contributed by atoms with Gasteiger partial charge in [0, 0.05) is 36.4 Å². The van der Waals surface area contributed by atoms with Crippen LogP contribution in [0.5, 0.6) is 0 Å². The first-order chi connectivity index (χ1) is 13.3. The number of amides is 2. The summed E-state index contributed by atoms with van der Waals surface area (Å²) in [6.45, 7) is 8.07. The number of rotatable bonds is 5. The fourth-order valence-electron chi connectivity index (χ4n) is 5.77. The highest BCUT2D eigenvalue weighted by Gasteiger charge is 2.62. The zero-order valence-corrected chi connectivity index (χ0v) is 17.4. The summed E-state index contributed by atoms with van der Waals surface area (Å²) >= 11 is 0. The highest BCUT2D eigenvalue weighted by atomic mass is 16.2. The van der Waals surface area contributed by atoms with Gasteiger partial charge >= 0.3 is 0 Å². The fraction of sp³-hybridized carbons (Fsp3) is 0.667. The zero-order chi connectivity index (χ0) is 19.7. The predicted molar refractivity (Wildman–Crippen MR) is 109 cm³/mol. The molecule has 4 aliphatic rings. The maximum Gasteiger partial charge on any atom is 0.225 e. The van der Waals surface area contributed by atoms with Crippen molar-refractivity contribution in [3.05, 3.63) is 35.4 Å². The summed E-state index contributed by atoms with van der Waals surface area (Å²) in [5, 5.41) is 3.08. The first-order valence-corrected chi connectivity index (χ1v) is 11.0. The number of benzene rings is 1. The van der Waals surface area contributed by atoms with Gasteiger partial charge in [0.05, 0.1) is 0 Å². The minimum absolute atomic E-state index is 0.0777. The Morgan fingerprint density at radius 2 is 1.71 bits per heavy atom. The third kappa shape index (κ3) is 2.79. The maximum atomic E-state index is 13.0. The third-order valence-electron chi connectivity index (χ3n) is 8.12. The molecule has 0 bridgehead atoms. The van der Waals surface area contributed by atoms with E-state index in [4.69, 9.17) is 0 Å². The zero-order valence-electron chi connectivity index (χ0n) is 17.4. The molecule has 2 unspecified atom stereocenters. The number of fused-ring (bicyclic) bond motifs is 1. The molecule has 1 aliphatic heterocycles. The van der Waals surface area contributed by atoms with E-state index >= 15 is 0 Å². The van der Waals surface area contributed by atoms with Crippen LogP contribution in [0.25, 0.3) is 0 Å². The lowest BCUT2D eigenvalue weighted by molar-refractivity contribution is -0.142. The van der Waals surface area contributed by atoms with Crippen LogP contribution in [0.4, 0.5) is 0 Å². The largest absolute Gasteiger partial charge is 0.351 e. The van der Waals surface area contributed by atoms with Crippen LogP contribution < -0.4 is 5.32 Å². The van der Waals surface area contributed by atoms with Crippen LogP contribution in [-0.4, -0.2) is 35.3 Å². The van der Waals surface area contributed by atoms with Gasteiger partial charge in [-0.05, 0) is 61.5 Å². The maximum absolute atomic E-state index is 13.0. The number of hydrogen-bond donors (Lipinski definition) is 1. The Bertz CT molecular complexity index is 820. The molecule has 1 saturated heterocycles. The molecule has 1 aromatic carbocycles. The van der Waals surface area contributed by atoms with E-state index in [1.54, 1.807) is 0 Å². The summed E-state index contributed by atoms with van der Waals surface area (Å²) < 4.78 is 0. The summed E-state index contributed by atoms with van der Waals surface area (Å²) in [5.74, 6) is 1.09. The summed E-state index contributed by atoms with van der Waals surface area (Å²) in [5.41, 5.74) is 3.33. The second kappa shape index (κ2) is 5.84. The van der Waals surface area contributed by atoms with Crippen molar-refractivity contribution in [2.75, 3.05) is 13.1 Å². The van der Waals surface area contributed by atoms with Crippen LogP contribution in [0.1, 0.15) is 70.4 Å². The molecule has 0 spiro atoms. The number of piperidine rings is 1. The lowest BCUT2D eigenvalue weighted by Gasteiger charge is -2.46. The van der Waals surface area contributed by atoms with Gasteiger partial charge in [0.1, 0.15) is 0 Å². The number of hydrogen-bond acceptors (Lipinski definition) is 2. The van der Waals surface area contributed by atoms with Gasteiger partial charge in [-0.2, -0.15) is 0 Å².